The van der Waals surface area contributed by atoms with Crippen LogP contribution in [-0.2, 0) is 4.74 Å². The van der Waals surface area contributed by atoms with Crippen LogP contribution in [0.15, 0.2) is 24.3 Å². The molecule has 0 bridgehead atoms. The molecule has 1 aliphatic heterocycles. The van der Waals surface area contributed by atoms with Crippen LogP contribution < -0.4 is 5.32 Å². The van der Waals surface area contributed by atoms with E-state index in [1.54, 1.807) is 0 Å². The van der Waals surface area contributed by atoms with Crippen LogP contribution in [-0.4, -0.2) is 40.0 Å². The molecule has 0 aliphatic carbocycles. The van der Waals surface area contributed by atoms with Crippen LogP contribution in [0, 0.1) is 0 Å². The lowest BCUT2D eigenvalue weighted by Crippen LogP contribution is -2.28. The fourth-order valence-corrected chi connectivity index (χ4v) is 2.46. The van der Waals surface area contributed by atoms with Gasteiger partial charge < -0.3 is 15.2 Å². The summed E-state index contributed by atoms with van der Waals surface area (Å²) < 4.78 is 5.50. The van der Waals surface area contributed by atoms with E-state index in [4.69, 9.17) is 4.74 Å². The van der Waals surface area contributed by atoms with Gasteiger partial charge in [0.2, 0.25) is 0 Å². The number of benzene rings is 1. The van der Waals surface area contributed by atoms with Crippen molar-refractivity contribution in [2.45, 2.75) is 25.5 Å². The minimum absolute atomic E-state index is 0.0450. The number of hydrogen-bond donors (Lipinski definition) is 2. The molecule has 3 rings (SSSR count). The number of hydrogen-bond acceptors (Lipinski definition) is 5. The smallest absolute Gasteiger partial charge is 0.358 e. The Morgan fingerprint density at radius 2 is 2.20 bits per heavy atom. The molecule has 6 heteroatoms. The van der Waals surface area contributed by atoms with Gasteiger partial charge in [-0.05, 0) is 19.4 Å². The molecule has 20 heavy (non-hydrogen) atoms. The molecule has 2 unspecified atom stereocenters. The maximum absolute atomic E-state index is 11.3. The monoisotopic (exact) mass is 273 g/mol. The highest BCUT2D eigenvalue weighted by Gasteiger charge is 2.27. The SMILES string of the molecule is CC1OCCC1Nc1c(C(=O)O)nnc2ccccc12. The second-order valence-electron chi connectivity index (χ2n) is 4.86. The Kier molecular flexibility index (Phi) is 3.23. The average Bonchev–Trinajstić information content (AvgIpc) is 2.84. The molecular weight excluding hydrogens is 258 g/mol. The zero-order chi connectivity index (χ0) is 14.1. The van der Waals surface area contributed by atoms with Crippen LogP contribution in [0.3, 0.4) is 0 Å². The van der Waals surface area contributed by atoms with Gasteiger partial charge in [0, 0.05) is 12.0 Å². The number of nitrogens with zero attached hydrogens (tertiary/aromatic N) is 2. The van der Waals surface area contributed by atoms with Gasteiger partial charge in [0.1, 0.15) is 0 Å². The standard InChI is InChI=1S/C14H15N3O3/c1-8-10(6-7-20-8)15-12-9-4-2-3-5-11(9)16-17-13(12)14(18)19/h2-5,8,10H,6-7H2,1H3,(H,15,16)(H,18,19). The summed E-state index contributed by atoms with van der Waals surface area (Å²) in [6, 6.07) is 7.45. The van der Waals surface area contributed by atoms with Gasteiger partial charge in [-0.2, -0.15) is 0 Å². The zero-order valence-corrected chi connectivity index (χ0v) is 11.0. The highest BCUT2D eigenvalue weighted by Crippen LogP contribution is 2.27. The predicted molar refractivity (Wildman–Crippen MR) is 73.9 cm³/mol. The van der Waals surface area contributed by atoms with Crippen molar-refractivity contribution in [3.05, 3.63) is 30.0 Å². The summed E-state index contributed by atoms with van der Waals surface area (Å²) in [7, 11) is 0. The summed E-state index contributed by atoms with van der Waals surface area (Å²) in [5, 5.41) is 21.1. The molecule has 1 aliphatic rings. The Balaban J connectivity index is 2.09. The van der Waals surface area contributed by atoms with E-state index in [1.807, 2.05) is 31.2 Å². The third-order valence-electron chi connectivity index (χ3n) is 3.58. The number of carboxylic acid groups (broad SMARTS) is 1. The molecule has 0 spiro atoms. The topological polar surface area (TPSA) is 84.3 Å². The number of anilines is 1. The first kappa shape index (κ1) is 12.8. The first-order chi connectivity index (χ1) is 9.66. The van der Waals surface area contributed by atoms with Crippen molar-refractivity contribution >= 4 is 22.6 Å². The number of aromatic nitrogens is 2. The van der Waals surface area contributed by atoms with Gasteiger partial charge in [-0.25, -0.2) is 4.79 Å². The Hall–Kier alpha value is -2.21. The minimum atomic E-state index is -1.09. The fourth-order valence-electron chi connectivity index (χ4n) is 2.46. The second-order valence-corrected chi connectivity index (χ2v) is 4.86. The van der Waals surface area contributed by atoms with Gasteiger partial charge in [0.25, 0.3) is 0 Å². The number of ether oxygens (including phenoxy) is 1. The van der Waals surface area contributed by atoms with Crippen molar-refractivity contribution in [3.8, 4) is 0 Å². The second kappa shape index (κ2) is 5.05. The molecule has 1 aromatic carbocycles. The van der Waals surface area contributed by atoms with E-state index in [0.29, 0.717) is 17.8 Å². The summed E-state index contributed by atoms with van der Waals surface area (Å²) in [5.41, 5.74) is 1.14. The van der Waals surface area contributed by atoms with E-state index < -0.39 is 5.97 Å². The Morgan fingerprint density at radius 3 is 2.90 bits per heavy atom. The quantitative estimate of drug-likeness (QED) is 0.888. The van der Waals surface area contributed by atoms with E-state index in [-0.39, 0.29) is 17.8 Å². The lowest BCUT2D eigenvalue weighted by Gasteiger charge is -2.19. The molecule has 1 fully saturated rings. The first-order valence-corrected chi connectivity index (χ1v) is 6.53. The zero-order valence-electron chi connectivity index (χ0n) is 11.0. The number of nitrogens with one attached hydrogen (secondary N) is 1. The molecule has 0 radical (unpaired) electrons. The van der Waals surface area contributed by atoms with Crippen molar-refractivity contribution in [1.82, 2.24) is 10.2 Å². The third kappa shape index (κ3) is 2.18. The lowest BCUT2D eigenvalue weighted by atomic mass is 10.1. The highest BCUT2D eigenvalue weighted by atomic mass is 16.5. The number of aromatic carboxylic acids is 1. The normalized spacial score (nSPS) is 22.1. The fraction of sp³-hybridized carbons (Fsp3) is 0.357. The van der Waals surface area contributed by atoms with Gasteiger partial charge in [0.15, 0.2) is 5.69 Å². The summed E-state index contributed by atoms with van der Waals surface area (Å²) in [4.78, 5) is 11.3. The number of fused-ring (bicyclic) bond motifs is 1. The van der Waals surface area contributed by atoms with Crippen molar-refractivity contribution in [1.29, 1.82) is 0 Å². The van der Waals surface area contributed by atoms with Gasteiger partial charge in [-0.15, -0.1) is 10.2 Å². The van der Waals surface area contributed by atoms with Gasteiger partial charge >= 0.3 is 5.97 Å². The number of rotatable bonds is 3. The van der Waals surface area contributed by atoms with E-state index in [0.717, 1.165) is 11.8 Å². The number of carboxylic acids is 1. The van der Waals surface area contributed by atoms with Crippen molar-refractivity contribution in [3.63, 3.8) is 0 Å². The van der Waals surface area contributed by atoms with Crippen molar-refractivity contribution in [2.75, 3.05) is 11.9 Å². The number of carbonyl (C=O) groups is 1. The largest absolute Gasteiger partial charge is 0.476 e. The lowest BCUT2D eigenvalue weighted by molar-refractivity contribution is 0.0690. The molecule has 2 atom stereocenters. The average molecular weight is 273 g/mol. The van der Waals surface area contributed by atoms with Gasteiger partial charge in [-0.1, -0.05) is 18.2 Å². The van der Waals surface area contributed by atoms with E-state index >= 15 is 0 Å². The Morgan fingerprint density at radius 1 is 1.40 bits per heavy atom. The predicted octanol–water partition coefficient (Wildman–Crippen LogP) is 1.92. The minimum Gasteiger partial charge on any atom is -0.476 e. The van der Waals surface area contributed by atoms with Crippen LogP contribution in [0.2, 0.25) is 0 Å². The Labute approximate surface area is 115 Å². The molecule has 2 heterocycles. The van der Waals surface area contributed by atoms with Crippen molar-refractivity contribution < 1.29 is 14.6 Å². The molecule has 1 saturated heterocycles. The maximum atomic E-state index is 11.3. The van der Waals surface area contributed by atoms with Gasteiger partial charge in [0.05, 0.1) is 23.3 Å². The Bertz CT molecular complexity index is 659. The summed E-state index contributed by atoms with van der Waals surface area (Å²) >= 11 is 0. The molecule has 6 nitrogen and oxygen atoms in total. The third-order valence-corrected chi connectivity index (χ3v) is 3.58. The van der Waals surface area contributed by atoms with Crippen LogP contribution in [0.5, 0.6) is 0 Å². The molecule has 104 valence electrons. The molecule has 2 aromatic rings. The highest BCUT2D eigenvalue weighted by molar-refractivity contribution is 6.02. The van der Waals surface area contributed by atoms with Crippen molar-refractivity contribution in [2.24, 2.45) is 0 Å². The molecular formula is C14H15N3O3. The van der Waals surface area contributed by atoms with Gasteiger partial charge in [-0.3, -0.25) is 0 Å². The van der Waals surface area contributed by atoms with E-state index in [9.17, 15) is 9.90 Å². The summed E-state index contributed by atoms with van der Waals surface area (Å²) in [5.74, 6) is -1.09. The first-order valence-electron chi connectivity index (χ1n) is 6.53. The molecule has 0 saturated carbocycles. The van der Waals surface area contributed by atoms with E-state index in [2.05, 4.69) is 15.5 Å². The summed E-state index contributed by atoms with van der Waals surface area (Å²) in [6.07, 6.45) is 0.889. The molecule has 1 aromatic heterocycles. The van der Waals surface area contributed by atoms with Crippen LogP contribution in [0.25, 0.3) is 10.9 Å². The molecule has 2 N–H and O–H groups in total. The van der Waals surface area contributed by atoms with Crippen LogP contribution in [0.1, 0.15) is 23.8 Å². The van der Waals surface area contributed by atoms with Crippen LogP contribution >= 0.6 is 0 Å². The summed E-state index contributed by atoms with van der Waals surface area (Å²) in [6.45, 7) is 2.65. The van der Waals surface area contributed by atoms with E-state index in [1.165, 1.54) is 0 Å². The maximum Gasteiger partial charge on any atom is 0.358 e. The van der Waals surface area contributed by atoms with Crippen LogP contribution in [0.4, 0.5) is 5.69 Å². The molecule has 0 amide bonds.